The van der Waals surface area contributed by atoms with E-state index >= 15 is 0 Å². The van der Waals surface area contributed by atoms with Gasteiger partial charge in [0.05, 0.1) is 10.0 Å². The van der Waals surface area contributed by atoms with Crippen molar-refractivity contribution in [2.24, 2.45) is 5.73 Å². The average Bonchev–Trinajstić information content (AvgIpc) is 2.72. The Morgan fingerprint density at radius 1 is 1.06 bits per heavy atom. The highest BCUT2D eigenvalue weighted by molar-refractivity contribution is 9.10. The Morgan fingerprint density at radius 2 is 1.78 bits per heavy atom. The van der Waals surface area contributed by atoms with Gasteiger partial charge in [-0.15, -0.1) is 0 Å². The number of hydrogen-bond acceptors (Lipinski definition) is 1. The highest BCUT2D eigenvalue weighted by Crippen LogP contribution is 2.41. The fourth-order valence-electron chi connectivity index (χ4n) is 2.77. The summed E-state index contributed by atoms with van der Waals surface area (Å²) in [6.07, 6.45) is 1.65. The molecule has 3 rings (SSSR count). The molecule has 1 atom stereocenters. The van der Waals surface area contributed by atoms with Crippen molar-refractivity contribution in [2.45, 2.75) is 18.4 Å². The van der Waals surface area contributed by atoms with Crippen LogP contribution >= 0.6 is 15.9 Å². The highest BCUT2D eigenvalue weighted by Gasteiger charge is 2.38. The summed E-state index contributed by atoms with van der Waals surface area (Å²) in [5.74, 6) is -0.253. The van der Waals surface area contributed by atoms with Crippen LogP contribution in [0.1, 0.15) is 23.1 Å². The summed E-state index contributed by atoms with van der Waals surface area (Å²) in [5.41, 5.74) is 8.63. The quantitative estimate of drug-likeness (QED) is 0.853. The molecule has 1 nitrogen and oxygen atoms in total. The van der Waals surface area contributed by atoms with Crippen molar-refractivity contribution in [3.63, 3.8) is 0 Å². The number of hydrogen-bond donors (Lipinski definition) is 1. The van der Waals surface area contributed by atoms with Crippen molar-refractivity contribution < 1.29 is 4.39 Å². The first-order chi connectivity index (χ1) is 8.63. The second-order valence-electron chi connectivity index (χ2n) is 4.73. The molecule has 1 unspecified atom stereocenters. The first-order valence-corrected chi connectivity index (χ1v) is 6.74. The number of fused-ring (bicyclic) bond motifs is 1. The number of nitrogens with two attached hydrogens (primary N) is 1. The molecule has 18 heavy (non-hydrogen) atoms. The molecule has 0 saturated carbocycles. The predicted octanol–water partition coefficient (Wildman–Crippen LogP) is 3.74. The number of benzene rings is 2. The van der Waals surface area contributed by atoms with E-state index in [1.165, 1.54) is 5.56 Å². The molecule has 2 aromatic carbocycles. The van der Waals surface area contributed by atoms with Crippen molar-refractivity contribution >= 4 is 15.9 Å². The lowest BCUT2D eigenvalue weighted by Crippen LogP contribution is -2.36. The van der Waals surface area contributed by atoms with E-state index in [9.17, 15) is 4.39 Å². The minimum atomic E-state index is -0.704. The van der Waals surface area contributed by atoms with Gasteiger partial charge in [-0.25, -0.2) is 4.39 Å². The molecule has 1 aliphatic rings. The van der Waals surface area contributed by atoms with Crippen LogP contribution in [0.5, 0.6) is 0 Å². The Hall–Kier alpha value is -1.19. The Bertz CT molecular complexity index is 611. The molecular formula is C15H13BrFN. The van der Waals surface area contributed by atoms with Gasteiger partial charge in [-0.2, -0.15) is 0 Å². The van der Waals surface area contributed by atoms with Crippen LogP contribution in [0.15, 0.2) is 46.9 Å². The zero-order valence-electron chi connectivity index (χ0n) is 9.79. The van der Waals surface area contributed by atoms with Crippen molar-refractivity contribution in [1.29, 1.82) is 0 Å². The Morgan fingerprint density at radius 3 is 2.61 bits per heavy atom. The number of aryl methyl sites for hydroxylation is 1. The molecule has 0 radical (unpaired) electrons. The van der Waals surface area contributed by atoms with E-state index in [4.69, 9.17) is 5.73 Å². The summed E-state index contributed by atoms with van der Waals surface area (Å²) < 4.78 is 14.7. The molecular weight excluding hydrogens is 293 g/mol. The lowest BCUT2D eigenvalue weighted by molar-refractivity contribution is 0.489. The van der Waals surface area contributed by atoms with Gasteiger partial charge in [0.25, 0.3) is 0 Å². The van der Waals surface area contributed by atoms with Crippen LogP contribution < -0.4 is 5.73 Å². The van der Waals surface area contributed by atoms with Gasteiger partial charge in [0.2, 0.25) is 0 Å². The average molecular weight is 306 g/mol. The first-order valence-electron chi connectivity index (χ1n) is 5.95. The molecule has 3 heteroatoms. The van der Waals surface area contributed by atoms with Gasteiger partial charge in [0.1, 0.15) is 5.82 Å². The van der Waals surface area contributed by atoms with Crippen molar-refractivity contribution in [1.82, 2.24) is 0 Å². The maximum atomic E-state index is 14.3. The molecule has 0 bridgehead atoms. The molecule has 2 aromatic rings. The molecule has 0 spiro atoms. The molecule has 2 N–H and O–H groups in total. The molecule has 0 heterocycles. The third kappa shape index (κ3) is 1.62. The zero-order chi connectivity index (χ0) is 12.8. The Kier molecular flexibility index (Phi) is 2.76. The van der Waals surface area contributed by atoms with Gasteiger partial charge >= 0.3 is 0 Å². The van der Waals surface area contributed by atoms with E-state index in [1.807, 2.05) is 24.3 Å². The fourth-order valence-corrected chi connectivity index (χ4v) is 3.13. The largest absolute Gasteiger partial charge is 0.318 e. The maximum absolute atomic E-state index is 14.3. The second kappa shape index (κ2) is 4.18. The lowest BCUT2D eigenvalue weighted by atomic mass is 9.85. The first kappa shape index (κ1) is 11.9. The van der Waals surface area contributed by atoms with E-state index in [-0.39, 0.29) is 5.82 Å². The predicted molar refractivity (Wildman–Crippen MR) is 73.8 cm³/mol. The zero-order valence-corrected chi connectivity index (χ0v) is 11.4. The topological polar surface area (TPSA) is 26.0 Å². The van der Waals surface area contributed by atoms with Gasteiger partial charge in [-0.1, -0.05) is 36.4 Å². The maximum Gasteiger partial charge on any atom is 0.142 e. The van der Waals surface area contributed by atoms with Gasteiger partial charge in [-0.05, 0) is 46.0 Å². The molecule has 1 aliphatic carbocycles. The molecule has 0 fully saturated rings. The molecule has 0 aromatic heterocycles. The van der Waals surface area contributed by atoms with E-state index < -0.39 is 5.54 Å². The summed E-state index contributed by atoms with van der Waals surface area (Å²) >= 11 is 3.23. The normalized spacial score (nSPS) is 21.9. The minimum absolute atomic E-state index is 0.253. The van der Waals surface area contributed by atoms with Crippen LogP contribution in [-0.4, -0.2) is 0 Å². The molecule has 0 amide bonds. The van der Waals surface area contributed by atoms with Crippen molar-refractivity contribution in [3.8, 4) is 0 Å². The SMILES string of the molecule is NC1(c2cccc(Br)c2F)CCc2ccccc21. The Labute approximate surface area is 114 Å². The Balaban J connectivity index is 2.21. The molecule has 92 valence electrons. The van der Waals surface area contributed by atoms with Crippen molar-refractivity contribution in [3.05, 3.63) is 69.4 Å². The lowest BCUT2D eigenvalue weighted by Gasteiger charge is -2.27. The summed E-state index contributed by atoms with van der Waals surface area (Å²) in [6, 6.07) is 13.3. The van der Waals surface area contributed by atoms with Gasteiger partial charge in [0.15, 0.2) is 0 Å². The number of halogens is 2. The third-order valence-electron chi connectivity index (χ3n) is 3.72. The van der Waals surface area contributed by atoms with Crippen LogP contribution in [0, 0.1) is 5.82 Å². The van der Waals surface area contributed by atoms with Crippen molar-refractivity contribution in [2.75, 3.05) is 0 Å². The van der Waals surface area contributed by atoms with Gasteiger partial charge in [-0.3, -0.25) is 0 Å². The van der Waals surface area contributed by atoms with Crippen LogP contribution in [0.2, 0.25) is 0 Å². The van der Waals surface area contributed by atoms with Crippen LogP contribution in [0.4, 0.5) is 4.39 Å². The highest BCUT2D eigenvalue weighted by atomic mass is 79.9. The van der Waals surface area contributed by atoms with Crippen LogP contribution in [-0.2, 0) is 12.0 Å². The van der Waals surface area contributed by atoms with E-state index in [1.54, 1.807) is 12.1 Å². The van der Waals surface area contributed by atoms with E-state index in [2.05, 4.69) is 22.0 Å². The van der Waals surface area contributed by atoms with Crippen LogP contribution in [0.25, 0.3) is 0 Å². The smallest absolute Gasteiger partial charge is 0.142 e. The van der Waals surface area contributed by atoms with Crippen LogP contribution in [0.3, 0.4) is 0 Å². The number of rotatable bonds is 1. The second-order valence-corrected chi connectivity index (χ2v) is 5.58. The monoisotopic (exact) mass is 305 g/mol. The standard InChI is InChI=1S/C15H13BrFN/c16-13-7-3-6-12(14(13)17)15(18)9-8-10-4-1-2-5-11(10)15/h1-7H,8-9,18H2. The molecule has 0 aliphatic heterocycles. The summed E-state index contributed by atoms with van der Waals surface area (Å²) in [4.78, 5) is 0. The van der Waals surface area contributed by atoms with Gasteiger partial charge in [0, 0.05) is 5.56 Å². The summed E-state index contributed by atoms with van der Waals surface area (Å²) in [7, 11) is 0. The van der Waals surface area contributed by atoms with Gasteiger partial charge < -0.3 is 5.73 Å². The van der Waals surface area contributed by atoms with E-state index in [0.29, 0.717) is 10.0 Å². The molecule has 0 saturated heterocycles. The summed E-state index contributed by atoms with van der Waals surface area (Å²) in [5, 5.41) is 0. The van der Waals surface area contributed by atoms with E-state index in [0.717, 1.165) is 18.4 Å². The third-order valence-corrected chi connectivity index (χ3v) is 4.33. The minimum Gasteiger partial charge on any atom is -0.318 e. The fraction of sp³-hybridized carbons (Fsp3) is 0.200. The summed E-state index contributed by atoms with van der Waals surface area (Å²) in [6.45, 7) is 0.